The van der Waals surface area contributed by atoms with Gasteiger partial charge in [0.1, 0.15) is 22.9 Å². The second-order valence-corrected chi connectivity index (χ2v) is 9.00. The summed E-state index contributed by atoms with van der Waals surface area (Å²) in [6.07, 6.45) is 9.01. The summed E-state index contributed by atoms with van der Waals surface area (Å²) >= 11 is 0. The minimum Gasteiger partial charge on any atom is -0.423 e. The summed E-state index contributed by atoms with van der Waals surface area (Å²) in [5.74, 6) is -4.41. The maximum Gasteiger partial charge on any atom is 0.349 e. The van der Waals surface area contributed by atoms with Crippen molar-refractivity contribution in [2.24, 2.45) is 17.8 Å². The Balaban J connectivity index is 1.62. The molecule has 3 rings (SSSR count). The molecule has 1 saturated carbocycles. The minimum atomic E-state index is -1.30. The maximum atomic E-state index is 14.6. The van der Waals surface area contributed by atoms with Crippen molar-refractivity contribution >= 4 is 5.97 Å². The Kier molecular flexibility index (Phi) is 8.32. The quantitative estimate of drug-likeness (QED) is 0.235. The van der Waals surface area contributed by atoms with Gasteiger partial charge >= 0.3 is 5.97 Å². The van der Waals surface area contributed by atoms with Gasteiger partial charge in [-0.15, -0.1) is 0 Å². The molecular formula is C26H30F4O2. The molecule has 2 nitrogen and oxygen atoms in total. The van der Waals surface area contributed by atoms with E-state index in [1.54, 1.807) is 0 Å². The van der Waals surface area contributed by atoms with Gasteiger partial charge in [-0.2, -0.15) is 0 Å². The van der Waals surface area contributed by atoms with Gasteiger partial charge in [0.2, 0.25) is 0 Å². The van der Waals surface area contributed by atoms with Gasteiger partial charge in [0, 0.05) is 6.07 Å². The van der Waals surface area contributed by atoms with E-state index in [9.17, 15) is 22.4 Å². The van der Waals surface area contributed by atoms with Crippen LogP contribution in [0.15, 0.2) is 30.3 Å². The third kappa shape index (κ3) is 6.11. The van der Waals surface area contributed by atoms with Gasteiger partial charge in [0.15, 0.2) is 11.6 Å². The van der Waals surface area contributed by atoms with Gasteiger partial charge < -0.3 is 4.74 Å². The zero-order valence-corrected chi connectivity index (χ0v) is 18.6. The second-order valence-electron chi connectivity index (χ2n) is 9.00. The lowest BCUT2D eigenvalue weighted by molar-refractivity contribution is 0.0724. The number of hydrogen-bond donors (Lipinski definition) is 0. The molecule has 2 aromatic rings. The predicted molar refractivity (Wildman–Crippen MR) is 116 cm³/mol. The van der Waals surface area contributed by atoms with Crippen LogP contribution in [0.1, 0.15) is 74.7 Å². The van der Waals surface area contributed by atoms with Crippen molar-refractivity contribution in [3.63, 3.8) is 0 Å². The fraction of sp³-hybridized carbons (Fsp3) is 0.500. The zero-order chi connectivity index (χ0) is 23.3. The lowest BCUT2D eigenvalue weighted by atomic mass is 9.73. The number of carbonyl (C=O) groups is 1. The second kappa shape index (κ2) is 11.0. The highest BCUT2D eigenvalue weighted by Gasteiger charge is 2.26. The van der Waals surface area contributed by atoms with Gasteiger partial charge in [-0.25, -0.2) is 22.4 Å². The SMILES string of the molecule is CCCCC1CCC(C(C)Cc2cc(F)c(C(=O)Oc3ccc(F)c(F)c3)c(F)c2)CC1. The molecule has 2 aromatic carbocycles. The van der Waals surface area contributed by atoms with Gasteiger partial charge in [-0.1, -0.05) is 46.0 Å². The molecule has 1 aliphatic carbocycles. The molecule has 0 aliphatic heterocycles. The summed E-state index contributed by atoms with van der Waals surface area (Å²) in [7, 11) is 0. The summed E-state index contributed by atoms with van der Waals surface area (Å²) in [4.78, 5) is 12.2. The predicted octanol–water partition coefficient (Wildman–Crippen LogP) is 7.64. The number of benzene rings is 2. The number of rotatable bonds is 8. The van der Waals surface area contributed by atoms with E-state index in [2.05, 4.69) is 13.8 Å². The van der Waals surface area contributed by atoms with Gasteiger partial charge in [0.05, 0.1) is 0 Å². The molecule has 0 saturated heterocycles. The van der Waals surface area contributed by atoms with Crippen molar-refractivity contribution in [3.05, 3.63) is 64.7 Å². The highest BCUT2D eigenvalue weighted by molar-refractivity contribution is 5.91. The Morgan fingerprint density at radius 2 is 1.62 bits per heavy atom. The van der Waals surface area contributed by atoms with Crippen LogP contribution in [-0.4, -0.2) is 5.97 Å². The van der Waals surface area contributed by atoms with Gasteiger partial charge in [-0.3, -0.25) is 0 Å². The lowest BCUT2D eigenvalue weighted by Crippen LogP contribution is -2.22. The Hall–Kier alpha value is -2.37. The van der Waals surface area contributed by atoms with E-state index < -0.39 is 34.8 Å². The van der Waals surface area contributed by atoms with E-state index in [1.807, 2.05) is 0 Å². The molecule has 0 radical (unpaired) electrons. The number of hydrogen-bond acceptors (Lipinski definition) is 2. The maximum absolute atomic E-state index is 14.6. The molecule has 1 atom stereocenters. The van der Waals surface area contributed by atoms with Crippen LogP contribution in [0.4, 0.5) is 17.6 Å². The Bertz CT molecular complexity index is 912. The summed E-state index contributed by atoms with van der Waals surface area (Å²) in [5, 5.41) is 0. The molecule has 174 valence electrons. The molecular weight excluding hydrogens is 420 g/mol. The third-order valence-corrected chi connectivity index (χ3v) is 6.63. The van der Waals surface area contributed by atoms with Gasteiger partial charge in [0.25, 0.3) is 0 Å². The van der Waals surface area contributed by atoms with Crippen LogP contribution in [0.2, 0.25) is 0 Å². The summed E-state index contributed by atoms with van der Waals surface area (Å²) < 4.78 is 60.3. The van der Waals surface area contributed by atoms with Crippen LogP contribution in [0.25, 0.3) is 0 Å². The van der Waals surface area contributed by atoms with Crippen LogP contribution in [-0.2, 0) is 6.42 Å². The van der Waals surface area contributed by atoms with Crippen molar-refractivity contribution in [1.29, 1.82) is 0 Å². The largest absolute Gasteiger partial charge is 0.423 e. The molecule has 32 heavy (non-hydrogen) atoms. The molecule has 0 heterocycles. The van der Waals surface area contributed by atoms with Crippen LogP contribution < -0.4 is 4.74 Å². The highest BCUT2D eigenvalue weighted by atomic mass is 19.2. The van der Waals surface area contributed by atoms with Crippen molar-refractivity contribution in [3.8, 4) is 5.75 Å². The van der Waals surface area contributed by atoms with Crippen molar-refractivity contribution in [2.45, 2.75) is 65.2 Å². The molecule has 0 spiro atoms. The number of halogens is 4. The first-order valence-corrected chi connectivity index (χ1v) is 11.4. The van der Waals surface area contributed by atoms with E-state index in [0.29, 0.717) is 24.0 Å². The Morgan fingerprint density at radius 3 is 2.22 bits per heavy atom. The molecule has 1 unspecified atom stereocenters. The minimum absolute atomic E-state index is 0.279. The normalized spacial score (nSPS) is 19.6. The Labute approximate surface area is 187 Å². The smallest absolute Gasteiger partial charge is 0.349 e. The number of unbranched alkanes of at least 4 members (excludes halogenated alkanes) is 1. The van der Waals surface area contributed by atoms with E-state index in [0.717, 1.165) is 43.0 Å². The van der Waals surface area contributed by atoms with E-state index in [-0.39, 0.29) is 11.7 Å². The van der Waals surface area contributed by atoms with Crippen LogP contribution in [0.3, 0.4) is 0 Å². The fourth-order valence-corrected chi connectivity index (χ4v) is 4.71. The molecule has 0 N–H and O–H groups in total. The summed E-state index contributed by atoms with van der Waals surface area (Å²) in [6.45, 7) is 4.32. The first-order chi connectivity index (χ1) is 15.3. The highest BCUT2D eigenvalue weighted by Crippen LogP contribution is 2.37. The van der Waals surface area contributed by atoms with E-state index in [4.69, 9.17) is 4.74 Å². The molecule has 0 aromatic heterocycles. The molecule has 0 bridgehead atoms. The van der Waals surface area contributed by atoms with Crippen LogP contribution in [0.5, 0.6) is 5.75 Å². The summed E-state index contributed by atoms with van der Waals surface area (Å²) in [5.41, 5.74) is -0.354. The monoisotopic (exact) mass is 450 g/mol. The molecule has 1 fully saturated rings. The lowest BCUT2D eigenvalue weighted by Gasteiger charge is -2.32. The number of carbonyl (C=O) groups excluding carboxylic acids is 1. The van der Waals surface area contributed by atoms with Crippen molar-refractivity contribution in [2.75, 3.05) is 0 Å². The molecule has 1 aliphatic rings. The standard InChI is InChI=1S/C26H30F4O2/c1-3-4-5-17-6-8-19(9-7-17)16(2)12-18-13-23(29)25(24(30)14-18)26(31)32-20-10-11-21(27)22(28)15-20/h10-11,13-17,19H,3-9,12H2,1-2H3. The first kappa shape index (κ1) is 24.3. The van der Waals surface area contributed by atoms with Gasteiger partial charge in [-0.05, 0) is 66.8 Å². The summed E-state index contributed by atoms with van der Waals surface area (Å²) in [6, 6.07) is 4.75. The number of ether oxygens (including phenoxy) is 1. The Morgan fingerprint density at radius 1 is 0.969 bits per heavy atom. The van der Waals surface area contributed by atoms with Crippen LogP contribution in [0, 0.1) is 41.0 Å². The third-order valence-electron chi connectivity index (χ3n) is 6.63. The zero-order valence-electron chi connectivity index (χ0n) is 18.6. The van der Waals surface area contributed by atoms with Crippen molar-refractivity contribution < 1.29 is 27.1 Å². The molecule has 0 amide bonds. The van der Waals surface area contributed by atoms with E-state index >= 15 is 0 Å². The average Bonchev–Trinajstić information content (AvgIpc) is 2.74. The average molecular weight is 451 g/mol. The number of esters is 1. The van der Waals surface area contributed by atoms with Crippen LogP contribution >= 0.6 is 0 Å². The molecule has 6 heteroatoms. The van der Waals surface area contributed by atoms with E-state index in [1.165, 1.54) is 32.1 Å². The fourth-order valence-electron chi connectivity index (χ4n) is 4.71. The first-order valence-electron chi connectivity index (χ1n) is 11.4. The topological polar surface area (TPSA) is 26.3 Å². The van der Waals surface area contributed by atoms with Crippen molar-refractivity contribution in [1.82, 2.24) is 0 Å².